The molecule has 0 bridgehead atoms. The highest BCUT2D eigenvalue weighted by Crippen LogP contribution is 2.34. The fourth-order valence-corrected chi connectivity index (χ4v) is 2.47. The summed E-state index contributed by atoms with van der Waals surface area (Å²) < 4.78 is 43.8. The Morgan fingerprint density at radius 2 is 2.19 bits per heavy atom. The number of carbonyl (C=O) groups is 1. The van der Waals surface area contributed by atoms with Crippen LogP contribution in [0.15, 0.2) is 18.2 Å². The van der Waals surface area contributed by atoms with Crippen molar-refractivity contribution in [3.05, 3.63) is 29.3 Å². The van der Waals surface area contributed by atoms with Gasteiger partial charge in [-0.25, -0.2) is 4.79 Å². The first-order chi connectivity index (χ1) is 9.84. The molecule has 1 N–H and O–H groups in total. The lowest BCUT2D eigenvalue weighted by molar-refractivity contribution is -0.138. The summed E-state index contributed by atoms with van der Waals surface area (Å²) in [7, 11) is 0. The van der Waals surface area contributed by atoms with Gasteiger partial charge in [-0.3, -0.25) is 0 Å². The SMILES string of the molecule is CCC1COCCN1c1ccc(C(F)(F)F)c(C(=O)O)c1. The molecule has 116 valence electrons. The highest BCUT2D eigenvalue weighted by Gasteiger charge is 2.36. The molecule has 7 heteroatoms. The van der Waals surface area contributed by atoms with Gasteiger partial charge in [0.15, 0.2) is 0 Å². The zero-order valence-corrected chi connectivity index (χ0v) is 11.5. The van der Waals surface area contributed by atoms with Crippen molar-refractivity contribution in [1.82, 2.24) is 0 Å². The van der Waals surface area contributed by atoms with Crippen LogP contribution in [-0.4, -0.2) is 36.9 Å². The third kappa shape index (κ3) is 3.29. The van der Waals surface area contributed by atoms with E-state index in [9.17, 15) is 18.0 Å². The second kappa shape index (κ2) is 5.93. The van der Waals surface area contributed by atoms with Crippen LogP contribution >= 0.6 is 0 Å². The molecule has 1 aromatic rings. The highest BCUT2D eigenvalue weighted by molar-refractivity contribution is 5.91. The van der Waals surface area contributed by atoms with E-state index in [0.29, 0.717) is 25.4 Å². The summed E-state index contributed by atoms with van der Waals surface area (Å²) >= 11 is 0. The van der Waals surface area contributed by atoms with E-state index in [1.807, 2.05) is 11.8 Å². The number of morpholine rings is 1. The van der Waals surface area contributed by atoms with Crippen molar-refractivity contribution < 1.29 is 27.8 Å². The Hall–Kier alpha value is -1.76. The quantitative estimate of drug-likeness (QED) is 0.932. The minimum atomic E-state index is -4.68. The average molecular weight is 303 g/mol. The van der Waals surface area contributed by atoms with Crippen molar-refractivity contribution in [3.8, 4) is 0 Å². The van der Waals surface area contributed by atoms with Crippen LogP contribution in [-0.2, 0) is 10.9 Å². The van der Waals surface area contributed by atoms with Gasteiger partial charge in [-0.05, 0) is 24.6 Å². The maximum absolute atomic E-state index is 12.8. The van der Waals surface area contributed by atoms with Gasteiger partial charge in [-0.15, -0.1) is 0 Å². The Morgan fingerprint density at radius 1 is 1.48 bits per heavy atom. The summed E-state index contributed by atoms with van der Waals surface area (Å²) in [4.78, 5) is 13.0. The van der Waals surface area contributed by atoms with Crippen molar-refractivity contribution in [2.24, 2.45) is 0 Å². The first-order valence-electron chi connectivity index (χ1n) is 6.63. The molecule has 1 atom stereocenters. The van der Waals surface area contributed by atoms with Crippen molar-refractivity contribution in [1.29, 1.82) is 0 Å². The van der Waals surface area contributed by atoms with E-state index in [2.05, 4.69) is 0 Å². The van der Waals surface area contributed by atoms with Crippen LogP contribution in [0.5, 0.6) is 0 Å². The molecule has 1 heterocycles. The Labute approximate surface area is 120 Å². The predicted octanol–water partition coefficient (Wildman–Crippen LogP) is 3.02. The van der Waals surface area contributed by atoms with Crippen molar-refractivity contribution >= 4 is 11.7 Å². The zero-order valence-electron chi connectivity index (χ0n) is 11.5. The normalized spacial score (nSPS) is 19.6. The molecule has 1 saturated heterocycles. The third-order valence-corrected chi connectivity index (χ3v) is 3.57. The van der Waals surface area contributed by atoms with Gasteiger partial charge in [0.1, 0.15) is 0 Å². The minimum absolute atomic E-state index is 0.0390. The number of carboxylic acids is 1. The molecule has 0 radical (unpaired) electrons. The average Bonchev–Trinajstić information content (AvgIpc) is 2.45. The third-order valence-electron chi connectivity index (χ3n) is 3.57. The molecule has 0 saturated carbocycles. The number of rotatable bonds is 3. The number of alkyl halides is 3. The van der Waals surface area contributed by atoms with E-state index in [-0.39, 0.29) is 6.04 Å². The monoisotopic (exact) mass is 303 g/mol. The predicted molar refractivity (Wildman–Crippen MR) is 70.6 cm³/mol. The molecule has 4 nitrogen and oxygen atoms in total. The molecule has 1 unspecified atom stereocenters. The number of carboxylic acid groups (broad SMARTS) is 1. The van der Waals surface area contributed by atoms with Gasteiger partial charge in [-0.1, -0.05) is 6.92 Å². The minimum Gasteiger partial charge on any atom is -0.478 e. The molecule has 1 fully saturated rings. The van der Waals surface area contributed by atoms with Crippen molar-refractivity contribution in [3.63, 3.8) is 0 Å². The Bertz CT molecular complexity index is 531. The van der Waals surface area contributed by atoms with Crippen LogP contribution in [0, 0.1) is 0 Å². The number of aromatic carboxylic acids is 1. The summed E-state index contributed by atoms with van der Waals surface area (Å²) in [5.74, 6) is -1.58. The molecule has 1 aliphatic heterocycles. The van der Waals surface area contributed by atoms with Crippen molar-refractivity contribution in [2.45, 2.75) is 25.6 Å². The summed E-state index contributed by atoms with van der Waals surface area (Å²) in [5, 5.41) is 9.03. The molecule has 1 aromatic carbocycles. The first-order valence-corrected chi connectivity index (χ1v) is 6.63. The number of halogens is 3. The van der Waals surface area contributed by atoms with E-state index in [4.69, 9.17) is 9.84 Å². The van der Waals surface area contributed by atoms with Gasteiger partial charge in [0, 0.05) is 12.2 Å². The van der Waals surface area contributed by atoms with Gasteiger partial charge >= 0.3 is 12.1 Å². The lowest BCUT2D eigenvalue weighted by Gasteiger charge is -2.37. The molecule has 2 rings (SSSR count). The lowest BCUT2D eigenvalue weighted by Crippen LogP contribution is -2.45. The van der Waals surface area contributed by atoms with E-state index in [0.717, 1.165) is 18.6 Å². The standard InChI is InChI=1S/C14H16F3NO3/c1-2-9-8-21-6-5-18(9)10-3-4-12(14(15,16)17)11(7-10)13(19)20/h3-4,7,9H,2,5-6,8H2,1H3,(H,19,20). The Kier molecular flexibility index (Phi) is 4.41. The number of ether oxygens (including phenoxy) is 1. The molecular formula is C14H16F3NO3. The van der Waals surface area contributed by atoms with Gasteiger partial charge in [0.2, 0.25) is 0 Å². The molecule has 1 aliphatic rings. The van der Waals surface area contributed by atoms with Crippen molar-refractivity contribution in [2.75, 3.05) is 24.7 Å². The van der Waals surface area contributed by atoms with Crippen LogP contribution in [0.3, 0.4) is 0 Å². The van der Waals surface area contributed by atoms with Gasteiger partial charge in [-0.2, -0.15) is 13.2 Å². The highest BCUT2D eigenvalue weighted by atomic mass is 19.4. The van der Waals surface area contributed by atoms with E-state index >= 15 is 0 Å². The van der Waals surface area contributed by atoms with Crippen LogP contribution in [0.25, 0.3) is 0 Å². The fraction of sp³-hybridized carbons (Fsp3) is 0.500. The Balaban J connectivity index is 2.42. The second-order valence-electron chi connectivity index (χ2n) is 4.86. The van der Waals surface area contributed by atoms with E-state index in [1.165, 1.54) is 6.07 Å². The summed E-state index contributed by atoms with van der Waals surface area (Å²) in [5.41, 5.74) is -1.36. The van der Waals surface area contributed by atoms with Gasteiger partial charge < -0.3 is 14.7 Å². The Morgan fingerprint density at radius 3 is 2.76 bits per heavy atom. The van der Waals surface area contributed by atoms with Crippen LogP contribution in [0.2, 0.25) is 0 Å². The van der Waals surface area contributed by atoms with Gasteiger partial charge in [0.05, 0.1) is 30.4 Å². The first kappa shape index (κ1) is 15.6. The topological polar surface area (TPSA) is 49.8 Å². The summed E-state index contributed by atoms with van der Waals surface area (Å²) in [6, 6.07) is 3.29. The maximum atomic E-state index is 12.8. The molecular weight excluding hydrogens is 287 g/mol. The van der Waals surface area contributed by atoms with Crippen LogP contribution in [0.4, 0.5) is 18.9 Å². The number of nitrogens with zero attached hydrogens (tertiary/aromatic N) is 1. The summed E-state index contributed by atoms with van der Waals surface area (Å²) in [6.07, 6.45) is -3.91. The lowest BCUT2D eigenvalue weighted by atomic mass is 10.0. The smallest absolute Gasteiger partial charge is 0.417 e. The van der Waals surface area contributed by atoms with Crippen LogP contribution in [0.1, 0.15) is 29.3 Å². The van der Waals surface area contributed by atoms with Gasteiger partial charge in [0.25, 0.3) is 0 Å². The van der Waals surface area contributed by atoms with E-state index in [1.54, 1.807) is 0 Å². The van der Waals surface area contributed by atoms with Crippen LogP contribution < -0.4 is 4.90 Å². The zero-order chi connectivity index (χ0) is 15.6. The number of anilines is 1. The molecule has 0 amide bonds. The molecule has 21 heavy (non-hydrogen) atoms. The number of hydrogen-bond acceptors (Lipinski definition) is 3. The fourth-order valence-electron chi connectivity index (χ4n) is 2.47. The molecule has 0 spiro atoms. The molecule has 0 aliphatic carbocycles. The van der Waals surface area contributed by atoms with E-state index < -0.39 is 23.3 Å². The number of hydrogen-bond donors (Lipinski definition) is 1. The molecule has 0 aromatic heterocycles. The largest absolute Gasteiger partial charge is 0.478 e. The summed E-state index contributed by atoms with van der Waals surface area (Å²) in [6.45, 7) is 3.44. The number of benzene rings is 1. The second-order valence-corrected chi connectivity index (χ2v) is 4.86. The maximum Gasteiger partial charge on any atom is 0.417 e.